The molecule has 0 radical (unpaired) electrons. The highest BCUT2D eigenvalue weighted by molar-refractivity contribution is 5.95. The van der Waals surface area contributed by atoms with Crippen LogP contribution in [0.2, 0.25) is 0 Å². The van der Waals surface area contributed by atoms with Gasteiger partial charge < -0.3 is 30.1 Å². The summed E-state index contributed by atoms with van der Waals surface area (Å²) in [5.41, 5.74) is 2.57. The molecule has 0 atom stereocenters. The molecular weight excluding hydrogens is 498 g/mol. The molecule has 0 spiro atoms. The molecule has 0 fully saturated rings. The van der Waals surface area contributed by atoms with Crippen LogP contribution in [0, 0.1) is 0 Å². The minimum Gasteiger partial charge on any atom is -0.493 e. The van der Waals surface area contributed by atoms with Gasteiger partial charge in [-0.05, 0) is 69.5 Å². The standard InChI is InChI=1S/C29H37N5O5/c1-29(2,3)34(28(36)37)17-7-14-30-26(35)22-9-6-8-21(19-22)23-13-16-32-27(33-23)31-15-12-20-10-11-24(38-4)25(18-20)39-5/h6,8-11,13,16,18-19H,7,12,14-15,17H2,1-5H3,(H,30,35)(H,36,37)(H,31,32,33). The number of carbonyl (C=O) groups excluding carboxylic acids is 1. The van der Waals surface area contributed by atoms with Gasteiger partial charge in [-0.3, -0.25) is 4.79 Å². The number of aromatic nitrogens is 2. The van der Waals surface area contributed by atoms with Gasteiger partial charge >= 0.3 is 6.09 Å². The molecule has 2 aromatic carbocycles. The van der Waals surface area contributed by atoms with Crippen LogP contribution in [0.15, 0.2) is 54.7 Å². The summed E-state index contributed by atoms with van der Waals surface area (Å²) in [5.74, 6) is 1.64. The summed E-state index contributed by atoms with van der Waals surface area (Å²) in [4.78, 5) is 34.5. The number of carboxylic acid groups (broad SMARTS) is 1. The van der Waals surface area contributed by atoms with Gasteiger partial charge in [-0.1, -0.05) is 18.2 Å². The molecule has 208 valence electrons. The Labute approximate surface area is 229 Å². The van der Waals surface area contributed by atoms with Gasteiger partial charge in [0.15, 0.2) is 11.5 Å². The monoisotopic (exact) mass is 535 g/mol. The van der Waals surface area contributed by atoms with Crippen molar-refractivity contribution in [2.75, 3.05) is 39.2 Å². The second-order valence-electron chi connectivity index (χ2n) is 9.93. The summed E-state index contributed by atoms with van der Waals surface area (Å²) in [6, 6.07) is 14.8. The first kappa shape index (κ1) is 29.2. The van der Waals surface area contributed by atoms with E-state index in [0.29, 0.717) is 54.8 Å². The van der Waals surface area contributed by atoms with Crippen LogP contribution in [0.4, 0.5) is 10.7 Å². The zero-order chi connectivity index (χ0) is 28.4. The van der Waals surface area contributed by atoms with Crippen LogP contribution in [-0.2, 0) is 6.42 Å². The summed E-state index contributed by atoms with van der Waals surface area (Å²) in [7, 11) is 3.22. The Kier molecular flexibility index (Phi) is 10.1. The van der Waals surface area contributed by atoms with E-state index in [1.54, 1.807) is 38.6 Å². The van der Waals surface area contributed by atoms with Gasteiger partial charge in [0.25, 0.3) is 5.91 Å². The average molecular weight is 536 g/mol. The summed E-state index contributed by atoms with van der Waals surface area (Å²) in [6.07, 6.45) is 1.96. The molecule has 3 N–H and O–H groups in total. The second-order valence-corrected chi connectivity index (χ2v) is 9.93. The van der Waals surface area contributed by atoms with Crippen LogP contribution in [0.25, 0.3) is 11.3 Å². The molecule has 10 nitrogen and oxygen atoms in total. The van der Waals surface area contributed by atoms with Gasteiger partial charge in [0, 0.05) is 42.5 Å². The minimum absolute atomic E-state index is 0.225. The van der Waals surface area contributed by atoms with E-state index >= 15 is 0 Å². The predicted molar refractivity (Wildman–Crippen MR) is 151 cm³/mol. The number of benzene rings is 2. The number of methoxy groups -OCH3 is 2. The van der Waals surface area contributed by atoms with E-state index in [9.17, 15) is 14.7 Å². The molecule has 0 saturated carbocycles. The van der Waals surface area contributed by atoms with Crippen molar-refractivity contribution in [1.29, 1.82) is 0 Å². The fourth-order valence-corrected chi connectivity index (χ4v) is 4.04. The van der Waals surface area contributed by atoms with E-state index in [2.05, 4.69) is 20.6 Å². The maximum atomic E-state index is 12.7. The lowest BCUT2D eigenvalue weighted by molar-refractivity contribution is 0.0936. The van der Waals surface area contributed by atoms with Crippen molar-refractivity contribution in [3.8, 4) is 22.8 Å². The molecule has 0 bridgehead atoms. The molecule has 0 aliphatic carbocycles. The van der Waals surface area contributed by atoms with Crippen molar-refractivity contribution in [1.82, 2.24) is 20.2 Å². The first-order valence-electron chi connectivity index (χ1n) is 12.8. The van der Waals surface area contributed by atoms with Gasteiger partial charge in [0.1, 0.15) is 0 Å². The molecule has 0 aliphatic heterocycles. The molecule has 10 heteroatoms. The molecule has 2 amide bonds. The Morgan fingerprint density at radius 2 is 1.77 bits per heavy atom. The van der Waals surface area contributed by atoms with Gasteiger partial charge in [-0.2, -0.15) is 0 Å². The quantitative estimate of drug-likeness (QED) is 0.285. The number of anilines is 1. The number of ether oxygens (including phenoxy) is 2. The maximum absolute atomic E-state index is 12.7. The van der Waals surface area contributed by atoms with E-state index in [4.69, 9.17) is 9.47 Å². The Balaban J connectivity index is 1.57. The normalized spacial score (nSPS) is 11.0. The van der Waals surface area contributed by atoms with Gasteiger partial charge in [0.05, 0.1) is 19.9 Å². The van der Waals surface area contributed by atoms with Crippen molar-refractivity contribution < 1.29 is 24.2 Å². The molecule has 39 heavy (non-hydrogen) atoms. The number of hydrogen-bond acceptors (Lipinski definition) is 7. The van der Waals surface area contributed by atoms with Crippen LogP contribution in [0.1, 0.15) is 43.1 Å². The summed E-state index contributed by atoms with van der Waals surface area (Å²) in [5, 5.41) is 15.5. The highest BCUT2D eigenvalue weighted by Gasteiger charge is 2.25. The summed E-state index contributed by atoms with van der Waals surface area (Å²) < 4.78 is 10.7. The fraction of sp³-hybridized carbons (Fsp3) is 0.379. The smallest absolute Gasteiger partial charge is 0.407 e. The molecule has 1 heterocycles. The third-order valence-corrected chi connectivity index (χ3v) is 6.11. The number of nitrogens with zero attached hydrogens (tertiary/aromatic N) is 3. The van der Waals surface area contributed by atoms with Crippen LogP contribution in [0.5, 0.6) is 11.5 Å². The Bertz CT molecular complexity index is 1270. The van der Waals surface area contributed by atoms with Gasteiger partial charge in [-0.25, -0.2) is 14.8 Å². The number of carbonyl (C=O) groups is 2. The van der Waals surface area contributed by atoms with E-state index < -0.39 is 11.6 Å². The first-order chi connectivity index (χ1) is 18.6. The third kappa shape index (κ3) is 8.33. The van der Waals surface area contributed by atoms with Crippen molar-refractivity contribution in [2.45, 2.75) is 39.2 Å². The third-order valence-electron chi connectivity index (χ3n) is 6.11. The van der Waals surface area contributed by atoms with Crippen molar-refractivity contribution in [2.24, 2.45) is 0 Å². The van der Waals surface area contributed by atoms with E-state index in [0.717, 1.165) is 17.5 Å². The minimum atomic E-state index is -0.971. The van der Waals surface area contributed by atoms with Gasteiger partial charge in [0.2, 0.25) is 5.95 Å². The van der Waals surface area contributed by atoms with E-state index in [1.165, 1.54) is 4.90 Å². The Hall–Kier alpha value is -4.34. The predicted octanol–water partition coefficient (Wildman–Crippen LogP) is 4.71. The Morgan fingerprint density at radius 3 is 2.46 bits per heavy atom. The summed E-state index contributed by atoms with van der Waals surface area (Å²) >= 11 is 0. The molecule has 0 saturated heterocycles. The van der Waals surface area contributed by atoms with Crippen LogP contribution in [-0.4, -0.2) is 71.4 Å². The number of hydrogen-bond donors (Lipinski definition) is 3. The van der Waals surface area contributed by atoms with Crippen LogP contribution < -0.4 is 20.1 Å². The topological polar surface area (TPSA) is 126 Å². The lowest BCUT2D eigenvalue weighted by Gasteiger charge is -2.33. The number of amides is 2. The van der Waals surface area contributed by atoms with Crippen molar-refractivity contribution in [3.05, 3.63) is 65.9 Å². The zero-order valence-corrected chi connectivity index (χ0v) is 23.2. The largest absolute Gasteiger partial charge is 0.493 e. The molecule has 1 aromatic heterocycles. The highest BCUT2D eigenvalue weighted by Crippen LogP contribution is 2.27. The SMILES string of the molecule is COc1ccc(CCNc2nccc(-c3cccc(C(=O)NCCCN(C(=O)O)C(C)(C)C)c3)n2)cc1OC. The molecule has 3 aromatic rings. The molecular formula is C29H37N5O5. The molecule has 0 aliphatic rings. The average Bonchev–Trinajstić information content (AvgIpc) is 2.92. The maximum Gasteiger partial charge on any atom is 0.407 e. The number of nitrogens with one attached hydrogen (secondary N) is 2. The van der Waals surface area contributed by atoms with Crippen molar-refractivity contribution in [3.63, 3.8) is 0 Å². The zero-order valence-electron chi connectivity index (χ0n) is 23.2. The van der Waals surface area contributed by atoms with Crippen molar-refractivity contribution >= 4 is 17.9 Å². The van der Waals surface area contributed by atoms with Crippen LogP contribution >= 0.6 is 0 Å². The first-order valence-corrected chi connectivity index (χ1v) is 12.8. The lowest BCUT2D eigenvalue weighted by atomic mass is 10.1. The number of rotatable bonds is 12. The molecule has 3 rings (SSSR count). The second kappa shape index (κ2) is 13.5. The highest BCUT2D eigenvalue weighted by atomic mass is 16.5. The summed E-state index contributed by atoms with van der Waals surface area (Å²) in [6.45, 7) is 6.86. The Morgan fingerprint density at radius 1 is 1.00 bits per heavy atom. The van der Waals surface area contributed by atoms with Gasteiger partial charge in [-0.15, -0.1) is 0 Å². The van der Waals surface area contributed by atoms with Crippen LogP contribution in [0.3, 0.4) is 0 Å². The van der Waals surface area contributed by atoms with E-state index in [-0.39, 0.29) is 5.91 Å². The fourth-order valence-electron chi connectivity index (χ4n) is 4.04. The lowest BCUT2D eigenvalue weighted by Crippen LogP contribution is -2.46. The molecule has 0 unspecified atom stereocenters. The van der Waals surface area contributed by atoms with E-state index in [1.807, 2.05) is 51.1 Å².